The molecule has 2 N–H and O–H groups in total. The van der Waals surface area contributed by atoms with Gasteiger partial charge in [0.1, 0.15) is 10.8 Å². The Hall–Kier alpha value is -2.77. The second kappa shape index (κ2) is 6.27. The number of hydrogen-bond donors (Lipinski definition) is 1. The van der Waals surface area contributed by atoms with E-state index in [4.69, 9.17) is 17.3 Å². The van der Waals surface area contributed by atoms with Gasteiger partial charge >= 0.3 is 0 Å². The van der Waals surface area contributed by atoms with E-state index in [0.717, 1.165) is 11.3 Å². The number of nitrogens with zero attached hydrogens (tertiary/aromatic N) is 4. The zero-order valence-corrected chi connectivity index (χ0v) is 14.3. The van der Waals surface area contributed by atoms with Gasteiger partial charge in [0.05, 0.1) is 11.4 Å². The van der Waals surface area contributed by atoms with Gasteiger partial charge in [-0.15, -0.1) is 16.4 Å². The van der Waals surface area contributed by atoms with Crippen molar-refractivity contribution in [3.63, 3.8) is 0 Å². The summed E-state index contributed by atoms with van der Waals surface area (Å²) in [6.45, 7) is 0. The molecule has 2 aromatic heterocycles. The van der Waals surface area contributed by atoms with Gasteiger partial charge < -0.3 is 5.73 Å². The van der Waals surface area contributed by atoms with Crippen LogP contribution in [0.5, 0.6) is 0 Å². The summed E-state index contributed by atoms with van der Waals surface area (Å²) in [5, 5.41) is 11.4. The van der Waals surface area contributed by atoms with E-state index in [1.165, 1.54) is 28.2 Å². The molecule has 0 spiro atoms. The van der Waals surface area contributed by atoms with E-state index in [0.29, 0.717) is 27.2 Å². The summed E-state index contributed by atoms with van der Waals surface area (Å²) in [7, 11) is 0. The molecule has 0 fully saturated rings. The molecule has 2 heterocycles. The van der Waals surface area contributed by atoms with Crippen molar-refractivity contribution in [2.45, 2.75) is 0 Å². The number of benzene rings is 2. The fourth-order valence-electron chi connectivity index (χ4n) is 2.38. The maximum atomic E-state index is 13.1. The highest BCUT2D eigenvalue weighted by atomic mass is 35.5. The second-order valence-corrected chi connectivity index (χ2v) is 6.55. The number of hydrogen-bond acceptors (Lipinski definition) is 5. The van der Waals surface area contributed by atoms with Crippen molar-refractivity contribution in [1.82, 2.24) is 20.0 Å². The fourth-order valence-corrected chi connectivity index (χ4v) is 3.39. The Morgan fingerprint density at radius 3 is 2.68 bits per heavy atom. The third kappa shape index (κ3) is 2.99. The van der Waals surface area contributed by atoms with Crippen LogP contribution >= 0.6 is 22.9 Å². The molecule has 0 aliphatic heterocycles. The van der Waals surface area contributed by atoms with Crippen LogP contribution in [0.1, 0.15) is 0 Å². The zero-order chi connectivity index (χ0) is 17.4. The van der Waals surface area contributed by atoms with Crippen molar-refractivity contribution in [2.75, 3.05) is 5.73 Å². The van der Waals surface area contributed by atoms with Crippen molar-refractivity contribution in [2.24, 2.45) is 0 Å². The Morgan fingerprint density at radius 1 is 1.12 bits per heavy atom. The molecule has 0 saturated heterocycles. The summed E-state index contributed by atoms with van der Waals surface area (Å²) in [5.74, 6) is 0.0207. The van der Waals surface area contributed by atoms with Gasteiger partial charge in [0.15, 0.2) is 11.5 Å². The lowest BCUT2D eigenvalue weighted by Crippen LogP contribution is -2.02. The molecule has 0 radical (unpaired) electrons. The van der Waals surface area contributed by atoms with Gasteiger partial charge in [0, 0.05) is 16.0 Å². The summed E-state index contributed by atoms with van der Waals surface area (Å²) in [6.07, 6.45) is 0. The van der Waals surface area contributed by atoms with E-state index in [-0.39, 0.29) is 5.82 Å². The molecule has 124 valence electrons. The average Bonchev–Trinajstić information content (AvgIpc) is 3.22. The summed E-state index contributed by atoms with van der Waals surface area (Å²) in [6, 6.07) is 13.3. The number of nitrogens with two attached hydrogens (primary N) is 1. The van der Waals surface area contributed by atoms with E-state index >= 15 is 0 Å². The molecule has 0 bridgehead atoms. The Morgan fingerprint density at radius 2 is 1.92 bits per heavy atom. The van der Waals surface area contributed by atoms with E-state index in [1.54, 1.807) is 12.1 Å². The molecule has 25 heavy (non-hydrogen) atoms. The minimum atomic E-state index is -0.325. The van der Waals surface area contributed by atoms with Gasteiger partial charge in [-0.25, -0.2) is 9.37 Å². The largest absolute Gasteiger partial charge is 0.382 e. The molecular weight excluding hydrogens is 361 g/mol. The van der Waals surface area contributed by atoms with Crippen molar-refractivity contribution in [3.05, 3.63) is 64.8 Å². The third-order valence-electron chi connectivity index (χ3n) is 3.60. The topological polar surface area (TPSA) is 69.6 Å². The number of anilines is 1. The minimum absolute atomic E-state index is 0.325. The van der Waals surface area contributed by atoms with Crippen LogP contribution in [0.4, 0.5) is 10.2 Å². The molecular formula is C17H11ClFN5S. The quantitative estimate of drug-likeness (QED) is 0.578. The molecule has 0 amide bonds. The second-order valence-electron chi connectivity index (χ2n) is 5.26. The van der Waals surface area contributed by atoms with Crippen LogP contribution in [0.3, 0.4) is 0 Å². The lowest BCUT2D eigenvalue weighted by molar-refractivity contribution is 0.627. The first-order chi connectivity index (χ1) is 12.1. The molecule has 4 aromatic rings. The lowest BCUT2D eigenvalue weighted by Gasteiger charge is -2.02. The standard InChI is InChI=1S/C17H11ClFN5S/c18-11-3-1-2-10(8-11)14-9-25-17(21-14)15-16(20)24(23-22-15)13-6-4-12(19)5-7-13/h1-9H,20H2. The predicted molar refractivity (Wildman–Crippen MR) is 97.3 cm³/mol. The number of thiazole rings is 1. The monoisotopic (exact) mass is 371 g/mol. The predicted octanol–water partition coefficient (Wildman–Crippen LogP) is 4.43. The molecule has 2 aromatic carbocycles. The van der Waals surface area contributed by atoms with E-state index in [1.807, 2.05) is 29.6 Å². The number of aromatic nitrogens is 4. The smallest absolute Gasteiger partial charge is 0.165 e. The molecule has 0 saturated carbocycles. The van der Waals surface area contributed by atoms with Crippen LogP contribution in [0.25, 0.3) is 27.6 Å². The highest BCUT2D eigenvalue weighted by Crippen LogP contribution is 2.32. The van der Waals surface area contributed by atoms with Crippen LogP contribution in [-0.4, -0.2) is 20.0 Å². The summed E-state index contributed by atoms with van der Waals surface area (Å²) in [4.78, 5) is 4.58. The zero-order valence-electron chi connectivity index (χ0n) is 12.7. The van der Waals surface area contributed by atoms with Crippen LogP contribution in [0, 0.1) is 5.82 Å². The molecule has 0 aliphatic rings. The van der Waals surface area contributed by atoms with Gasteiger partial charge in [-0.05, 0) is 36.4 Å². The number of nitrogen functional groups attached to an aromatic ring is 1. The Bertz CT molecular complexity index is 1040. The highest BCUT2D eigenvalue weighted by Gasteiger charge is 2.17. The van der Waals surface area contributed by atoms with Crippen molar-refractivity contribution in [3.8, 4) is 27.6 Å². The molecule has 8 heteroatoms. The number of rotatable bonds is 3. The summed E-state index contributed by atoms with van der Waals surface area (Å²) in [5.41, 5.74) is 8.99. The minimum Gasteiger partial charge on any atom is -0.382 e. The fraction of sp³-hybridized carbons (Fsp3) is 0. The molecule has 0 aliphatic carbocycles. The maximum absolute atomic E-state index is 13.1. The highest BCUT2D eigenvalue weighted by molar-refractivity contribution is 7.13. The van der Waals surface area contributed by atoms with Gasteiger partial charge in [-0.2, -0.15) is 4.68 Å². The molecule has 5 nitrogen and oxygen atoms in total. The van der Waals surface area contributed by atoms with Gasteiger partial charge in [-0.3, -0.25) is 0 Å². The normalized spacial score (nSPS) is 11.0. The van der Waals surface area contributed by atoms with Gasteiger partial charge in [0.25, 0.3) is 0 Å². The van der Waals surface area contributed by atoms with Crippen molar-refractivity contribution in [1.29, 1.82) is 0 Å². The first-order valence-electron chi connectivity index (χ1n) is 7.31. The van der Waals surface area contributed by atoms with Crippen molar-refractivity contribution < 1.29 is 4.39 Å². The van der Waals surface area contributed by atoms with Crippen LogP contribution in [-0.2, 0) is 0 Å². The van der Waals surface area contributed by atoms with E-state index in [9.17, 15) is 4.39 Å². The average molecular weight is 372 g/mol. The first kappa shape index (κ1) is 15.7. The number of halogens is 2. The summed E-state index contributed by atoms with van der Waals surface area (Å²) >= 11 is 7.45. The SMILES string of the molecule is Nc1c(-c2nc(-c3cccc(Cl)c3)cs2)nnn1-c1ccc(F)cc1. The summed E-state index contributed by atoms with van der Waals surface area (Å²) < 4.78 is 14.5. The maximum Gasteiger partial charge on any atom is 0.165 e. The molecule has 4 rings (SSSR count). The Kier molecular flexibility index (Phi) is 3.95. The Balaban J connectivity index is 1.71. The van der Waals surface area contributed by atoms with Crippen molar-refractivity contribution >= 4 is 28.8 Å². The van der Waals surface area contributed by atoms with Crippen LogP contribution < -0.4 is 5.73 Å². The van der Waals surface area contributed by atoms with E-state index in [2.05, 4.69) is 15.3 Å². The molecule has 0 unspecified atom stereocenters. The Labute approximate surface area is 151 Å². The first-order valence-corrected chi connectivity index (χ1v) is 8.56. The van der Waals surface area contributed by atoms with Crippen LogP contribution in [0.15, 0.2) is 53.9 Å². The van der Waals surface area contributed by atoms with Gasteiger partial charge in [0.2, 0.25) is 0 Å². The van der Waals surface area contributed by atoms with Gasteiger partial charge in [-0.1, -0.05) is 28.9 Å². The van der Waals surface area contributed by atoms with Crippen LogP contribution in [0.2, 0.25) is 5.02 Å². The van der Waals surface area contributed by atoms with E-state index < -0.39 is 0 Å². The lowest BCUT2D eigenvalue weighted by atomic mass is 10.2. The molecule has 0 atom stereocenters. The third-order valence-corrected chi connectivity index (χ3v) is 4.69.